The molecule has 1 aliphatic rings. The third kappa shape index (κ3) is 5.57. The summed E-state index contributed by atoms with van der Waals surface area (Å²) in [5.74, 6) is -0.812. The number of nitrogens with one attached hydrogen (secondary N) is 1. The van der Waals surface area contributed by atoms with Gasteiger partial charge in [0, 0.05) is 45.6 Å². The van der Waals surface area contributed by atoms with Gasteiger partial charge in [0.2, 0.25) is 10.0 Å². The molecule has 35 heavy (non-hydrogen) atoms. The molecule has 1 saturated heterocycles. The maximum Gasteiger partial charge on any atom is 0.352 e. The first-order valence-corrected chi connectivity index (χ1v) is 14.2. The molecule has 0 saturated carbocycles. The third-order valence-electron chi connectivity index (χ3n) is 6.58. The minimum Gasteiger partial charge on any atom is -0.507 e. The molecule has 0 aliphatic carbocycles. The normalized spacial score (nSPS) is 16.6. The molecule has 0 radical (unpaired) electrons. The lowest BCUT2D eigenvalue weighted by Gasteiger charge is -2.32. The van der Waals surface area contributed by atoms with E-state index in [9.17, 15) is 23.4 Å². The standard InChI is InChI=1S/C26H38N2O5S2/c1-15-21(24(30)31)27-16(2)23(15)35(32,33)28-11-9-17(10-12-28)34-18-13-19(25(3,4)5)22(29)20(14-18)26(6,7)8/h13-14,17,27,29H,9-12H2,1-8H3,(H,30,31). The van der Waals surface area contributed by atoms with Crippen LogP contribution in [0, 0.1) is 13.8 Å². The quantitative estimate of drug-likeness (QED) is 0.473. The molecule has 7 nitrogen and oxygen atoms in total. The average molecular weight is 523 g/mol. The zero-order chi connectivity index (χ0) is 26.5. The molecule has 3 N–H and O–H groups in total. The Morgan fingerprint density at radius 2 is 1.51 bits per heavy atom. The summed E-state index contributed by atoms with van der Waals surface area (Å²) in [5.41, 5.74) is 1.94. The predicted octanol–water partition coefficient (Wildman–Crippen LogP) is 5.58. The minimum atomic E-state index is -3.79. The Morgan fingerprint density at radius 1 is 1.03 bits per heavy atom. The molecule has 2 aromatic rings. The van der Waals surface area contributed by atoms with Crippen LogP contribution in [0.3, 0.4) is 0 Å². The number of H-pyrrole nitrogens is 1. The van der Waals surface area contributed by atoms with E-state index in [1.54, 1.807) is 18.7 Å². The highest BCUT2D eigenvalue weighted by Crippen LogP contribution is 2.43. The number of piperidine rings is 1. The summed E-state index contributed by atoms with van der Waals surface area (Å²) >= 11 is 1.74. The summed E-state index contributed by atoms with van der Waals surface area (Å²) in [5, 5.41) is 20.6. The number of phenols is 1. The number of hydrogen-bond donors (Lipinski definition) is 3. The van der Waals surface area contributed by atoms with Crippen molar-refractivity contribution in [2.24, 2.45) is 0 Å². The van der Waals surface area contributed by atoms with Gasteiger partial charge in [0.1, 0.15) is 16.3 Å². The fourth-order valence-corrected chi connectivity index (χ4v) is 7.74. The monoisotopic (exact) mass is 522 g/mol. The largest absolute Gasteiger partial charge is 0.507 e. The number of carboxylic acids is 1. The van der Waals surface area contributed by atoms with Crippen molar-refractivity contribution in [3.63, 3.8) is 0 Å². The number of hydrogen-bond acceptors (Lipinski definition) is 5. The van der Waals surface area contributed by atoms with Crippen LogP contribution in [0.15, 0.2) is 21.9 Å². The van der Waals surface area contributed by atoms with E-state index in [2.05, 4.69) is 58.7 Å². The van der Waals surface area contributed by atoms with Crippen molar-refractivity contribution in [3.8, 4) is 5.75 Å². The number of aryl methyl sites for hydroxylation is 1. The molecule has 3 rings (SSSR count). The molecular formula is C26H38N2O5S2. The van der Waals surface area contributed by atoms with Gasteiger partial charge < -0.3 is 15.2 Å². The molecule has 0 atom stereocenters. The number of nitrogens with zero attached hydrogens (tertiary/aromatic N) is 1. The van der Waals surface area contributed by atoms with E-state index in [1.807, 2.05) is 0 Å². The van der Waals surface area contributed by atoms with Gasteiger partial charge in [0.15, 0.2) is 0 Å². The van der Waals surface area contributed by atoms with Crippen LogP contribution < -0.4 is 0 Å². The van der Waals surface area contributed by atoms with Gasteiger partial charge in [-0.2, -0.15) is 4.31 Å². The second kappa shape index (κ2) is 9.48. The SMILES string of the molecule is Cc1[nH]c(C(=O)O)c(C)c1S(=O)(=O)N1CCC(Sc2cc(C(C)(C)C)c(O)c(C(C)(C)C)c2)CC1. The molecule has 1 fully saturated rings. The van der Waals surface area contributed by atoms with E-state index >= 15 is 0 Å². The van der Waals surface area contributed by atoms with Gasteiger partial charge in [-0.3, -0.25) is 0 Å². The van der Waals surface area contributed by atoms with Crippen molar-refractivity contribution in [3.05, 3.63) is 40.2 Å². The molecule has 1 aromatic carbocycles. The number of aromatic amines is 1. The Balaban J connectivity index is 1.81. The fourth-order valence-electron chi connectivity index (χ4n) is 4.66. The second-order valence-corrected chi connectivity index (χ2v) is 14.7. The molecule has 1 aromatic heterocycles. The van der Waals surface area contributed by atoms with Crippen LogP contribution in [-0.2, 0) is 20.9 Å². The Kier molecular flexibility index (Phi) is 7.48. The number of sulfonamides is 1. The molecule has 194 valence electrons. The van der Waals surface area contributed by atoms with E-state index in [1.165, 1.54) is 11.2 Å². The summed E-state index contributed by atoms with van der Waals surface area (Å²) in [6.45, 7) is 16.4. The summed E-state index contributed by atoms with van der Waals surface area (Å²) in [6, 6.07) is 4.14. The highest BCUT2D eigenvalue weighted by atomic mass is 32.2. The first-order chi connectivity index (χ1) is 15.9. The van der Waals surface area contributed by atoms with Gasteiger partial charge >= 0.3 is 5.97 Å². The Labute approximate surface area is 213 Å². The summed E-state index contributed by atoms with van der Waals surface area (Å²) < 4.78 is 28.2. The fraction of sp³-hybridized carbons (Fsp3) is 0.577. The molecule has 1 aliphatic heterocycles. The Morgan fingerprint density at radius 3 is 1.91 bits per heavy atom. The van der Waals surface area contributed by atoms with Gasteiger partial charge in [-0.25, -0.2) is 13.2 Å². The lowest BCUT2D eigenvalue weighted by molar-refractivity contribution is 0.0690. The summed E-state index contributed by atoms with van der Waals surface area (Å²) in [7, 11) is -3.79. The van der Waals surface area contributed by atoms with Crippen molar-refractivity contribution in [2.75, 3.05) is 13.1 Å². The molecular weight excluding hydrogens is 484 g/mol. The van der Waals surface area contributed by atoms with E-state index in [0.717, 1.165) is 16.0 Å². The summed E-state index contributed by atoms with van der Waals surface area (Å²) in [6.07, 6.45) is 1.38. The number of rotatable bonds is 5. The van der Waals surface area contributed by atoms with Crippen LogP contribution in [-0.4, -0.2) is 52.2 Å². The molecule has 0 bridgehead atoms. The topological polar surface area (TPSA) is 111 Å². The number of phenolic OH excluding ortho intramolecular Hbond substituents is 1. The van der Waals surface area contributed by atoms with Gasteiger partial charge in [-0.1, -0.05) is 41.5 Å². The maximum absolute atomic E-state index is 13.4. The molecule has 2 heterocycles. The third-order valence-corrected chi connectivity index (χ3v) is 10.1. The number of aromatic nitrogens is 1. The van der Waals surface area contributed by atoms with E-state index < -0.39 is 16.0 Å². The molecule has 0 amide bonds. The average Bonchev–Trinajstić information content (AvgIpc) is 3.03. The first-order valence-electron chi connectivity index (χ1n) is 11.9. The summed E-state index contributed by atoms with van der Waals surface area (Å²) in [4.78, 5) is 15.3. The van der Waals surface area contributed by atoms with Gasteiger partial charge in [0.05, 0.1) is 0 Å². The Bertz CT molecular complexity index is 1190. The lowest BCUT2D eigenvalue weighted by Crippen LogP contribution is -2.39. The van der Waals surface area contributed by atoms with E-state index in [-0.39, 0.29) is 32.2 Å². The number of carbonyl (C=O) groups is 1. The Hall–Kier alpha value is -1.97. The van der Waals surface area contributed by atoms with E-state index in [4.69, 9.17) is 0 Å². The number of thioether (sulfide) groups is 1. The van der Waals surface area contributed by atoms with Crippen molar-refractivity contribution in [1.82, 2.24) is 9.29 Å². The number of aromatic hydroxyl groups is 1. The molecule has 0 unspecified atom stereocenters. The van der Waals surface area contributed by atoms with Crippen LogP contribution >= 0.6 is 11.8 Å². The first kappa shape index (κ1) is 27.6. The maximum atomic E-state index is 13.4. The lowest BCUT2D eigenvalue weighted by atomic mass is 9.79. The van der Waals surface area contributed by atoms with Crippen molar-refractivity contribution >= 4 is 27.8 Å². The highest BCUT2D eigenvalue weighted by Gasteiger charge is 2.35. The van der Waals surface area contributed by atoms with Crippen LogP contribution in [0.2, 0.25) is 0 Å². The highest BCUT2D eigenvalue weighted by molar-refractivity contribution is 8.00. The van der Waals surface area contributed by atoms with Gasteiger partial charge in [-0.15, -0.1) is 11.8 Å². The number of aromatic carboxylic acids is 1. The van der Waals surface area contributed by atoms with Gasteiger partial charge in [-0.05, 0) is 49.7 Å². The van der Waals surface area contributed by atoms with Crippen LogP contribution in [0.5, 0.6) is 5.75 Å². The second-order valence-electron chi connectivity index (χ2n) is 11.5. The van der Waals surface area contributed by atoms with Crippen LogP contribution in [0.25, 0.3) is 0 Å². The van der Waals surface area contributed by atoms with Crippen molar-refractivity contribution in [1.29, 1.82) is 0 Å². The zero-order valence-electron chi connectivity index (χ0n) is 21.9. The van der Waals surface area contributed by atoms with Crippen molar-refractivity contribution in [2.45, 2.75) is 94.1 Å². The predicted molar refractivity (Wildman–Crippen MR) is 140 cm³/mol. The molecule has 0 spiro atoms. The number of carboxylic acid groups (broad SMARTS) is 1. The van der Waals surface area contributed by atoms with Gasteiger partial charge in [0.25, 0.3) is 0 Å². The van der Waals surface area contributed by atoms with E-state index in [0.29, 0.717) is 37.4 Å². The number of benzene rings is 1. The van der Waals surface area contributed by atoms with Crippen LogP contribution in [0.4, 0.5) is 0 Å². The smallest absolute Gasteiger partial charge is 0.352 e. The minimum absolute atomic E-state index is 0.0733. The van der Waals surface area contributed by atoms with Crippen LogP contribution in [0.1, 0.15) is 87.3 Å². The van der Waals surface area contributed by atoms with Crippen molar-refractivity contribution < 1.29 is 23.4 Å². The molecule has 9 heteroatoms. The zero-order valence-corrected chi connectivity index (χ0v) is 23.6.